The molecule has 0 atom stereocenters. The summed E-state index contributed by atoms with van der Waals surface area (Å²) in [6.45, 7) is 1.92. The molecule has 0 aliphatic rings. The molecule has 22 heavy (non-hydrogen) atoms. The summed E-state index contributed by atoms with van der Waals surface area (Å²) in [4.78, 5) is 16.0. The van der Waals surface area contributed by atoms with Crippen LogP contribution in [0.4, 0.5) is 5.69 Å². The van der Waals surface area contributed by atoms with Gasteiger partial charge in [-0.2, -0.15) is 5.26 Å². The highest BCUT2D eigenvalue weighted by molar-refractivity contribution is 9.10. The molecule has 4 nitrogen and oxygen atoms in total. The van der Waals surface area contributed by atoms with E-state index in [4.69, 9.17) is 5.26 Å². The first-order valence-electron chi connectivity index (χ1n) is 6.57. The van der Waals surface area contributed by atoms with Crippen molar-refractivity contribution < 1.29 is 4.79 Å². The van der Waals surface area contributed by atoms with Crippen molar-refractivity contribution in [2.75, 3.05) is 11.1 Å². The van der Waals surface area contributed by atoms with Crippen LogP contribution in [0.1, 0.15) is 16.7 Å². The summed E-state index contributed by atoms with van der Waals surface area (Å²) in [5.41, 5.74) is 3.43. The highest BCUT2D eigenvalue weighted by Crippen LogP contribution is 2.18. The van der Waals surface area contributed by atoms with E-state index in [2.05, 4.69) is 32.3 Å². The fraction of sp³-hybridized carbons (Fsp3) is 0.188. The number of aryl methyl sites for hydroxylation is 1. The summed E-state index contributed by atoms with van der Waals surface area (Å²) in [6, 6.07) is 11.3. The zero-order valence-electron chi connectivity index (χ0n) is 12.0. The van der Waals surface area contributed by atoms with Gasteiger partial charge in [-0.15, -0.1) is 11.8 Å². The van der Waals surface area contributed by atoms with Gasteiger partial charge in [0.15, 0.2) is 0 Å². The van der Waals surface area contributed by atoms with Gasteiger partial charge in [0.1, 0.15) is 4.60 Å². The lowest BCUT2D eigenvalue weighted by molar-refractivity contribution is -0.113. The fourth-order valence-corrected chi connectivity index (χ4v) is 3.01. The number of hydrogen-bond acceptors (Lipinski definition) is 4. The number of nitriles is 1. The Labute approximate surface area is 142 Å². The quantitative estimate of drug-likeness (QED) is 0.804. The molecule has 112 valence electrons. The second kappa shape index (κ2) is 7.97. The molecule has 1 aromatic carbocycles. The smallest absolute Gasteiger partial charge is 0.234 e. The highest BCUT2D eigenvalue weighted by Gasteiger charge is 2.06. The van der Waals surface area contributed by atoms with Gasteiger partial charge in [-0.3, -0.25) is 4.79 Å². The Kier molecular flexibility index (Phi) is 5.99. The number of hydrogen-bond donors (Lipinski definition) is 1. The number of rotatable bonds is 5. The molecule has 1 N–H and O–H groups in total. The average molecular weight is 376 g/mol. The maximum atomic E-state index is 11.9. The zero-order valence-corrected chi connectivity index (χ0v) is 14.4. The van der Waals surface area contributed by atoms with E-state index in [-0.39, 0.29) is 5.91 Å². The van der Waals surface area contributed by atoms with Crippen molar-refractivity contribution in [3.05, 3.63) is 57.8 Å². The van der Waals surface area contributed by atoms with Crippen molar-refractivity contribution >= 4 is 39.3 Å². The number of aromatic nitrogens is 1. The minimum Gasteiger partial charge on any atom is -0.324 e. The number of halogens is 1. The van der Waals surface area contributed by atoms with Gasteiger partial charge in [-0.25, -0.2) is 4.98 Å². The predicted molar refractivity (Wildman–Crippen MR) is 92.6 cm³/mol. The van der Waals surface area contributed by atoms with E-state index in [1.807, 2.05) is 25.1 Å². The number of nitrogens with one attached hydrogen (secondary N) is 1. The molecule has 2 aromatic rings. The Morgan fingerprint density at radius 1 is 1.41 bits per heavy atom. The fourth-order valence-electron chi connectivity index (χ4n) is 1.78. The molecule has 0 aliphatic heterocycles. The second-order valence-electron chi connectivity index (χ2n) is 4.67. The molecular weight excluding hydrogens is 362 g/mol. The first-order chi connectivity index (χ1) is 10.6. The minimum absolute atomic E-state index is 0.0501. The van der Waals surface area contributed by atoms with Crippen LogP contribution in [0.15, 0.2) is 41.1 Å². The van der Waals surface area contributed by atoms with Gasteiger partial charge < -0.3 is 5.32 Å². The number of nitrogens with zero attached hydrogens (tertiary/aromatic N) is 2. The highest BCUT2D eigenvalue weighted by atomic mass is 79.9. The lowest BCUT2D eigenvalue weighted by Gasteiger charge is -2.08. The summed E-state index contributed by atoms with van der Waals surface area (Å²) < 4.78 is 0.748. The van der Waals surface area contributed by atoms with Crippen molar-refractivity contribution in [2.24, 2.45) is 0 Å². The third kappa shape index (κ3) is 4.86. The van der Waals surface area contributed by atoms with Gasteiger partial charge in [0, 0.05) is 5.75 Å². The zero-order chi connectivity index (χ0) is 15.9. The van der Waals surface area contributed by atoms with Crippen molar-refractivity contribution in [1.82, 2.24) is 4.98 Å². The molecule has 0 bridgehead atoms. The molecule has 1 amide bonds. The number of benzene rings is 1. The van der Waals surface area contributed by atoms with Crippen LogP contribution in [0.25, 0.3) is 0 Å². The summed E-state index contributed by atoms with van der Waals surface area (Å²) in [6.07, 6.45) is 1.64. The van der Waals surface area contributed by atoms with E-state index in [1.54, 1.807) is 18.3 Å². The van der Waals surface area contributed by atoms with Gasteiger partial charge in [0.25, 0.3) is 0 Å². The summed E-state index contributed by atoms with van der Waals surface area (Å²) >= 11 is 4.82. The summed E-state index contributed by atoms with van der Waals surface area (Å²) in [7, 11) is 0. The third-order valence-electron chi connectivity index (χ3n) is 2.94. The topological polar surface area (TPSA) is 65.8 Å². The first kappa shape index (κ1) is 16.5. The van der Waals surface area contributed by atoms with Crippen LogP contribution >= 0.6 is 27.7 Å². The molecule has 0 spiro atoms. The van der Waals surface area contributed by atoms with E-state index in [0.717, 1.165) is 27.2 Å². The molecule has 0 aliphatic carbocycles. The summed E-state index contributed by atoms with van der Waals surface area (Å²) in [5.74, 6) is 1.05. The normalized spacial score (nSPS) is 10.0. The van der Waals surface area contributed by atoms with Crippen LogP contribution in [-0.2, 0) is 10.5 Å². The van der Waals surface area contributed by atoms with Crippen molar-refractivity contribution in [3.63, 3.8) is 0 Å². The molecule has 0 unspecified atom stereocenters. The Balaban J connectivity index is 1.81. The van der Waals surface area contributed by atoms with E-state index in [1.165, 1.54) is 11.8 Å². The van der Waals surface area contributed by atoms with Crippen molar-refractivity contribution in [2.45, 2.75) is 12.7 Å². The SMILES string of the molecule is Cc1cc(Br)ncc1NC(=O)CSCc1ccc(C#N)cc1. The number of carbonyl (C=O) groups excluding carboxylic acids is 1. The van der Waals surface area contributed by atoms with Gasteiger partial charge in [0.05, 0.1) is 29.3 Å². The largest absolute Gasteiger partial charge is 0.324 e. The van der Waals surface area contributed by atoms with E-state index in [9.17, 15) is 4.79 Å². The molecule has 0 saturated heterocycles. The molecule has 1 heterocycles. The van der Waals surface area contributed by atoms with Crippen LogP contribution in [0.2, 0.25) is 0 Å². The maximum Gasteiger partial charge on any atom is 0.234 e. The molecule has 0 fully saturated rings. The standard InChI is InChI=1S/C16H14BrN3OS/c1-11-6-15(17)19-8-14(11)20-16(21)10-22-9-13-4-2-12(7-18)3-5-13/h2-6,8H,9-10H2,1H3,(H,20,21). The number of carbonyl (C=O) groups is 1. The van der Waals surface area contributed by atoms with Gasteiger partial charge >= 0.3 is 0 Å². The first-order valence-corrected chi connectivity index (χ1v) is 8.52. The molecule has 1 aromatic heterocycles. The molecule has 0 saturated carbocycles. The maximum absolute atomic E-state index is 11.9. The lowest BCUT2D eigenvalue weighted by Crippen LogP contribution is -2.15. The molecular formula is C16H14BrN3OS. The van der Waals surface area contributed by atoms with Gasteiger partial charge in [0.2, 0.25) is 5.91 Å². The van der Waals surface area contributed by atoms with Crippen LogP contribution < -0.4 is 5.32 Å². The second-order valence-corrected chi connectivity index (χ2v) is 6.47. The van der Waals surface area contributed by atoms with E-state index >= 15 is 0 Å². The Bertz CT molecular complexity index is 710. The lowest BCUT2D eigenvalue weighted by atomic mass is 10.2. The van der Waals surface area contributed by atoms with E-state index < -0.39 is 0 Å². The third-order valence-corrected chi connectivity index (χ3v) is 4.37. The number of anilines is 1. The average Bonchev–Trinajstić information content (AvgIpc) is 2.51. The Morgan fingerprint density at radius 3 is 2.77 bits per heavy atom. The van der Waals surface area contributed by atoms with Crippen LogP contribution in [0, 0.1) is 18.3 Å². The molecule has 6 heteroatoms. The van der Waals surface area contributed by atoms with Gasteiger partial charge in [-0.05, 0) is 52.2 Å². The van der Waals surface area contributed by atoms with Crippen molar-refractivity contribution in [3.8, 4) is 6.07 Å². The Hall–Kier alpha value is -1.84. The number of thioether (sulfide) groups is 1. The molecule has 0 radical (unpaired) electrons. The van der Waals surface area contributed by atoms with Crippen LogP contribution in [-0.4, -0.2) is 16.6 Å². The Morgan fingerprint density at radius 2 is 2.14 bits per heavy atom. The number of pyridine rings is 1. The van der Waals surface area contributed by atoms with Crippen LogP contribution in [0.3, 0.4) is 0 Å². The minimum atomic E-state index is -0.0501. The van der Waals surface area contributed by atoms with Gasteiger partial charge in [-0.1, -0.05) is 12.1 Å². The van der Waals surface area contributed by atoms with Crippen LogP contribution in [0.5, 0.6) is 0 Å². The molecule has 2 rings (SSSR count). The predicted octanol–water partition coefficient (Wildman–Crippen LogP) is 3.90. The monoisotopic (exact) mass is 375 g/mol. The van der Waals surface area contributed by atoms with Crippen molar-refractivity contribution in [1.29, 1.82) is 5.26 Å². The number of amides is 1. The summed E-state index contributed by atoms with van der Waals surface area (Å²) in [5, 5.41) is 11.6. The van der Waals surface area contributed by atoms with E-state index in [0.29, 0.717) is 11.3 Å².